The van der Waals surface area contributed by atoms with Crippen LogP contribution in [0.2, 0.25) is 4.34 Å². The van der Waals surface area contributed by atoms with E-state index in [1.165, 1.54) is 58.5 Å². The first-order chi connectivity index (χ1) is 18.4. The molecule has 192 valence electrons. The third-order valence-electron chi connectivity index (χ3n) is 5.42. The lowest BCUT2D eigenvalue weighted by Gasteiger charge is -2.12. The molecule has 0 aliphatic carbocycles. The molecule has 0 aromatic carbocycles. The Kier molecular flexibility index (Phi) is 7.40. The van der Waals surface area contributed by atoms with Crippen LogP contribution in [0.15, 0.2) is 65.3 Å². The molecular formula is C24H18ClN7O4S2. The molecule has 5 aromatic heterocycles. The largest absolute Gasteiger partial charge is 0.482 e. The van der Waals surface area contributed by atoms with Gasteiger partial charge in [-0.05, 0) is 29.7 Å². The summed E-state index contributed by atoms with van der Waals surface area (Å²) in [5.41, 5.74) is 0.851. The van der Waals surface area contributed by atoms with Crippen LogP contribution in [-0.2, 0) is 13.1 Å². The minimum Gasteiger partial charge on any atom is -0.482 e. The third-order valence-corrected chi connectivity index (χ3v) is 7.24. The highest BCUT2D eigenvalue weighted by Gasteiger charge is 2.20. The summed E-state index contributed by atoms with van der Waals surface area (Å²) < 4.78 is 12.5. The van der Waals surface area contributed by atoms with E-state index in [2.05, 4.69) is 24.8 Å². The highest BCUT2D eigenvalue weighted by Crippen LogP contribution is 2.27. The summed E-state index contributed by atoms with van der Waals surface area (Å²) in [4.78, 5) is 47.5. The van der Waals surface area contributed by atoms with Crippen LogP contribution in [-0.4, -0.2) is 47.5 Å². The van der Waals surface area contributed by atoms with Crippen molar-refractivity contribution in [3.8, 4) is 17.1 Å². The van der Waals surface area contributed by atoms with Crippen LogP contribution in [0, 0.1) is 0 Å². The number of anilines is 1. The summed E-state index contributed by atoms with van der Waals surface area (Å²) in [6.07, 6.45) is 4.18. The first kappa shape index (κ1) is 25.4. The maximum Gasteiger partial charge on any atom is 0.282 e. The number of pyridine rings is 1. The Hall–Kier alpha value is -4.20. The van der Waals surface area contributed by atoms with Crippen LogP contribution in [0.25, 0.3) is 11.3 Å². The summed E-state index contributed by atoms with van der Waals surface area (Å²) >= 11 is 8.61. The molecular weight excluding hydrogens is 550 g/mol. The maximum atomic E-state index is 13.2. The van der Waals surface area contributed by atoms with Gasteiger partial charge in [-0.15, -0.1) is 11.3 Å². The van der Waals surface area contributed by atoms with Gasteiger partial charge < -0.3 is 10.1 Å². The normalized spacial score (nSPS) is 10.9. The number of ketones is 1. The fourth-order valence-electron chi connectivity index (χ4n) is 3.59. The lowest BCUT2D eigenvalue weighted by Crippen LogP contribution is -2.25. The highest BCUT2D eigenvalue weighted by molar-refractivity contribution is 7.16. The highest BCUT2D eigenvalue weighted by atomic mass is 35.5. The van der Waals surface area contributed by atoms with Crippen molar-refractivity contribution in [3.63, 3.8) is 0 Å². The van der Waals surface area contributed by atoms with Gasteiger partial charge in [0, 0.05) is 40.2 Å². The van der Waals surface area contributed by atoms with Crippen molar-refractivity contribution in [2.24, 2.45) is 0 Å². The topological polar surface area (TPSA) is 134 Å². The first-order valence-corrected chi connectivity index (χ1v) is 13.1. The number of rotatable bonds is 9. The Morgan fingerprint density at radius 2 is 2.05 bits per heavy atom. The number of nitrogens with zero attached hydrogens (tertiary/aromatic N) is 6. The average molecular weight is 568 g/mol. The molecule has 14 heteroatoms. The average Bonchev–Trinajstić information content (AvgIpc) is 3.70. The second kappa shape index (κ2) is 11.0. The molecule has 0 fully saturated rings. The number of hydrogen-bond donors (Lipinski definition) is 1. The van der Waals surface area contributed by atoms with Gasteiger partial charge in [-0.1, -0.05) is 11.6 Å². The van der Waals surface area contributed by atoms with Crippen LogP contribution >= 0.6 is 34.5 Å². The number of aromatic nitrogens is 6. The van der Waals surface area contributed by atoms with Crippen LogP contribution < -0.4 is 15.6 Å². The van der Waals surface area contributed by atoms with Crippen molar-refractivity contribution in [1.82, 2.24) is 28.7 Å². The van der Waals surface area contributed by atoms with Crippen molar-refractivity contribution in [1.29, 1.82) is 0 Å². The number of methoxy groups -OCH3 is 1. The monoisotopic (exact) mass is 567 g/mol. The van der Waals surface area contributed by atoms with E-state index < -0.39 is 5.56 Å². The van der Waals surface area contributed by atoms with E-state index in [1.54, 1.807) is 23.6 Å². The van der Waals surface area contributed by atoms with E-state index >= 15 is 0 Å². The zero-order chi connectivity index (χ0) is 26.6. The van der Waals surface area contributed by atoms with Crippen LogP contribution in [0.4, 0.5) is 5.82 Å². The lowest BCUT2D eigenvalue weighted by molar-refractivity contribution is 0.0944. The van der Waals surface area contributed by atoms with Crippen LogP contribution in [0.5, 0.6) is 5.88 Å². The van der Waals surface area contributed by atoms with Gasteiger partial charge in [0.05, 0.1) is 42.0 Å². The van der Waals surface area contributed by atoms with E-state index in [-0.39, 0.29) is 29.8 Å². The number of nitrogens with one attached hydrogen (secondary N) is 1. The second-order valence-electron chi connectivity index (χ2n) is 7.83. The molecule has 0 unspecified atom stereocenters. The number of hydrogen-bond acceptors (Lipinski definition) is 11. The smallest absolute Gasteiger partial charge is 0.282 e. The molecule has 0 bridgehead atoms. The van der Waals surface area contributed by atoms with Crippen LogP contribution in [0.3, 0.4) is 0 Å². The van der Waals surface area contributed by atoms with Crippen LogP contribution in [0.1, 0.15) is 25.7 Å². The Morgan fingerprint density at radius 3 is 2.74 bits per heavy atom. The molecule has 38 heavy (non-hydrogen) atoms. The van der Waals surface area contributed by atoms with Gasteiger partial charge in [-0.2, -0.15) is 9.78 Å². The molecule has 0 spiro atoms. The molecule has 5 rings (SSSR count). The predicted molar refractivity (Wildman–Crippen MR) is 143 cm³/mol. The zero-order valence-corrected chi connectivity index (χ0v) is 22.1. The van der Waals surface area contributed by atoms with Gasteiger partial charge in [0.15, 0.2) is 5.88 Å². The van der Waals surface area contributed by atoms with Crippen molar-refractivity contribution < 1.29 is 14.3 Å². The molecule has 5 heterocycles. The fourth-order valence-corrected chi connectivity index (χ4v) is 5.12. The molecule has 11 nitrogen and oxygen atoms in total. The molecule has 0 saturated heterocycles. The van der Waals surface area contributed by atoms with Gasteiger partial charge in [0.1, 0.15) is 17.8 Å². The molecule has 0 radical (unpaired) electrons. The third kappa shape index (κ3) is 5.39. The molecule has 0 saturated carbocycles. The number of halogens is 1. The van der Waals surface area contributed by atoms with Crippen molar-refractivity contribution in [2.45, 2.75) is 13.1 Å². The van der Waals surface area contributed by atoms with Gasteiger partial charge in [0.2, 0.25) is 5.78 Å². The number of carbonyl (C=O) groups excluding carboxylic acids is 2. The minimum atomic E-state index is -0.479. The number of thiophene rings is 1. The minimum absolute atomic E-state index is 0.153. The van der Waals surface area contributed by atoms with Gasteiger partial charge in [0.25, 0.3) is 11.5 Å². The Labute approximate surface area is 228 Å². The van der Waals surface area contributed by atoms with Crippen molar-refractivity contribution in [2.75, 3.05) is 12.4 Å². The molecule has 0 aliphatic rings. The number of ether oxygens (including phenoxy) is 1. The van der Waals surface area contributed by atoms with Gasteiger partial charge >= 0.3 is 0 Å². The second-order valence-corrected chi connectivity index (χ2v) is 10.3. The fraction of sp³-hybridized carbons (Fsp3) is 0.125. The summed E-state index contributed by atoms with van der Waals surface area (Å²) in [6.45, 7) is 0.140. The predicted octanol–water partition coefficient (Wildman–Crippen LogP) is 3.87. The lowest BCUT2D eigenvalue weighted by atomic mass is 10.2. The van der Waals surface area contributed by atoms with E-state index in [4.69, 9.17) is 16.3 Å². The standard InChI is InChI=1S/C24H18ClN7O4S2/c1-36-23-7-14(6-22(34)31(23)11-19(33)17-4-5-26-13-28-17)18-8-21(27-10-16-2-3-20(25)38-16)32(30-18)24(35)15-9-29-37-12-15/h2-9,12-13,27H,10-11H2,1H3. The quantitative estimate of drug-likeness (QED) is 0.263. The van der Waals surface area contributed by atoms with Crippen molar-refractivity contribution >= 4 is 52.0 Å². The SMILES string of the molecule is COc1cc(-c2cc(NCc3ccc(Cl)s3)n(C(=O)c3cnsc3)n2)cc(=O)n1CC(=O)c1ccncn1. The summed E-state index contributed by atoms with van der Waals surface area (Å²) in [5, 5.41) is 9.33. The Balaban J connectivity index is 1.49. The van der Waals surface area contributed by atoms with E-state index in [1.807, 2.05) is 6.07 Å². The molecule has 0 amide bonds. The number of carbonyl (C=O) groups is 2. The van der Waals surface area contributed by atoms with Crippen molar-refractivity contribution in [3.05, 3.63) is 91.3 Å². The van der Waals surface area contributed by atoms with E-state index in [0.717, 1.165) is 16.4 Å². The van der Waals surface area contributed by atoms with Gasteiger partial charge in [-0.3, -0.25) is 19.0 Å². The summed E-state index contributed by atoms with van der Waals surface area (Å²) in [6, 6.07) is 9.74. The zero-order valence-electron chi connectivity index (χ0n) is 19.7. The van der Waals surface area contributed by atoms with E-state index in [9.17, 15) is 14.4 Å². The van der Waals surface area contributed by atoms with Gasteiger partial charge in [-0.25, -0.2) is 14.3 Å². The molecule has 1 N–H and O–H groups in total. The molecule has 0 aliphatic heterocycles. The maximum absolute atomic E-state index is 13.2. The number of Topliss-reactive ketones (excluding diaryl/α,β-unsaturated/α-hetero) is 1. The molecule has 0 atom stereocenters. The van der Waals surface area contributed by atoms with E-state index in [0.29, 0.717) is 33.5 Å². The summed E-state index contributed by atoms with van der Waals surface area (Å²) in [7, 11) is 1.40. The first-order valence-electron chi connectivity index (χ1n) is 11.0. The molecule has 5 aromatic rings. The Bertz CT molecular complexity index is 1660. The Morgan fingerprint density at radius 1 is 1.18 bits per heavy atom. The summed E-state index contributed by atoms with van der Waals surface area (Å²) in [5.74, 6) is -0.184.